The SMILES string of the molecule is COc1ccc(S(=O)(=O)N(CC(=O)Nc2ccc(F)c(C(F)(F)F)c2)Cc2ccccc2)cc1Cl. The van der Waals surface area contributed by atoms with E-state index in [1.165, 1.54) is 25.3 Å². The van der Waals surface area contributed by atoms with Gasteiger partial charge < -0.3 is 10.1 Å². The summed E-state index contributed by atoms with van der Waals surface area (Å²) in [5.74, 6) is -2.18. The first-order valence-electron chi connectivity index (χ1n) is 9.96. The fraction of sp³-hybridized carbons (Fsp3) is 0.174. The van der Waals surface area contributed by atoms with Crippen LogP contribution in [0, 0.1) is 5.82 Å². The number of carbonyl (C=O) groups is 1. The van der Waals surface area contributed by atoms with Crippen molar-refractivity contribution < 1.29 is 35.5 Å². The van der Waals surface area contributed by atoms with Gasteiger partial charge in [-0.25, -0.2) is 12.8 Å². The van der Waals surface area contributed by atoms with Crippen molar-refractivity contribution >= 4 is 33.2 Å². The molecule has 186 valence electrons. The second-order valence-corrected chi connectivity index (χ2v) is 9.64. The molecule has 6 nitrogen and oxygen atoms in total. The quantitative estimate of drug-likeness (QED) is 0.399. The third-order valence-corrected chi connectivity index (χ3v) is 6.92. The minimum Gasteiger partial charge on any atom is -0.495 e. The summed E-state index contributed by atoms with van der Waals surface area (Å²) in [6.07, 6.45) is -4.97. The lowest BCUT2D eigenvalue weighted by atomic mass is 10.2. The summed E-state index contributed by atoms with van der Waals surface area (Å²) < 4.78 is 85.1. The van der Waals surface area contributed by atoms with Gasteiger partial charge in [-0.3, -0.25) is 4.79 Å². The minimum absolute atomic E-state index is 0.0312. The van der Waals surface area contributed by atoms with E-state index >= 15 is 0 Å². The van der Waals surface area contributed by atoms with E-state index in [9.17, 15) is 30.8 Å². The van der Waals surface area contributed by atoms with Crippen molar-refractivity contribution in [3.05, 3.63) is 88.7 Å². The van der Waals surface area contributed by atoms with Crippen LogP contribution in [0.1, 0.15) is 11.1 Å². The number of amides is 1. The maximum Gasteiger partial charge on any atom is 0.419 e. The van der Waals surface area contributed by atoms with Gasteiger partial charge in [-0.2, -0.15) is 17.5 Å². The highest BCUT2D eigenvalue weighted by Gasteiger charge is 2.34. The number of sulfonamides is 1. The Morgan fingerprint density at radius 2 is 1.74 bits per heavy atom. The monoisotopic (exact) mass is 530 g/mol. The first-order chi connectivity index (χ1) is 16.4. The molecule has 0 fully saturated rings. The van der Waals surface area contributed by atoms with Gasteiger partial charge in [-0.1, -0.05) is 41.9 Å². The van der Waals surface area contributed by atoms with Crippen LogP contribution >= 0.6 is 11.6 Å². The number of nitrogens with zero attached hydrogens (tertiary/aromatic N) is 1. The highest BCUT2D eigenvalue weighted by molar-refractivity contribution is 7.89. The lowest BCUT2D eigenvalue weighted by molar-refractivity contribution is -0.140. The third-order valence-electron chi connectivity index (χ3n) is 4.84. The van der Waals surface area contributed by atoms with Gasteiger partial charge in [0, 0.05) is 12.2 Å². The molecule has 3 aromatic carbocycles. The summed E-state index contributed by atoms with van der Waals surface area (Å²) >= 11 is 6.07. The predicted molar refractivity (Wildman–Crippen MR) is 122 cm³/mol. The molecule has 0 radical (unpaired) electrons. The molecule has 3 rings (SSSR count). The molecule has 0 aliphatic rings. The summed E-state index contributed by atoms with van der Waals surface area (Å²) in [7, 11) is -2.92. The molecule has 1 amide bonds. The molecule has 0 saturated heterocycles. The van der Waals surface area contributed by atoms with Crippen LogP contribution in [0.2, 0.25) is 5.02 Å². The van der Waals surface area contributed by atoms with Crippen LogP contribution in [0.25, 0.3) is 0 Å². The van der Waals surface area contributed by atoms with Crippen molar-refractivity contribution in [2.24, 2.45) is 0 Å². The maximum atomic E-state index is 13.5. The van der Waals surface area contributed by atoms with E-state index in [1.807, 2.05) is 0 Å². The van der Waals surface area contributed by atoms with Crippen LogP contribution < -0.4 is 10.1 Å². The number of anilines is 1. The first kappa shape index (κ1) is 26.5. The number of hydrogen-bond donors (Lipinski definition) is 1. The number of halogens is 5. The number of methoxy groups -OCH3 is 1. The summed E-state index contributed by atoms with van der Waals surface area (Å²) in [5.41, 5.74) is -1.34. The van der Waals surface area contributed by atoms with Crippen LogP contribution in [-0.2, 0) is 27.5 Å². The van der Waals surface area contributed by atoms with Gasteiger partial charge >= 0.3 is 6.18 Å². The highest BCUT2D eigenvalue weighted by atomic mass is 35.5. The molecule has 0 spiro atoms. The molecule has 0 aromatic heterocycles. The van der Waals surface area contributed by atoms with Crippen molar-refractivity contribution in [1.82, 2.24) is 4.31 Å². The average molecular weight is 531 g/mol. The zero-order valence-electron chi connectivity index (χ0n) is 18.1. The Kier molecular flexibility index (Phi) is 8.04. The number of alkyl halides is 3. The molecule has 35 heavy (non-hydrogen) atoms. The Balaban J connectivity index is 1.90. The Hall–Kier alpha value is -3.15. The van der Waals surface area contributed by atoms with Crippen molar-refractivity contribution in [1.29, 1.82) is 0 Å². The summed E-state index contributed by atoms with van der Waals surface area (Å²) in [5, 5.41) is 2.22. The molecule has 0 saturated carbocycles. The van der Waals surface area contributed by atoms with E-state index in [2.05, 4.69) is 5.32 Å². The van der Waals surface area contributed by atoms with Gasteiger partial charge in [0.15, 0.2) is 0 Å². The lowest BCUT2D eigenvalue weighted by Crippen LogP contribution is -2.37. The molecule has 1 N–H and O–H groups in total. The van der Waals surface area contributed by atoms with E-state index in [0.717, 1.165) is 10.4 Å². The van der Waals surface area contributed by atoms with Crippen LogP contribution in [0.4, 0.5) is 23.2 Å². The van der Waals surface area contributed by atoms with Crippen molar-refractivity contribution in [2.45, 2.75) is 17.6 Å². The van der Waals surface area contributed by atoms with Crippen molar-refractivity contribution in [2.75, 3.05) is 19.0 Å². The molecule has 0 unspecified atom stereocenters. The number of nitrogens with one attached hydrogen (secondary N) is 1. The average Bonchev–Trinajstić information content (AvgIpc) is 2.79. The second-order valence-electron chi connectivity index (χ2n) is 7.30. The molecular formula is C23H19ClF4N2O4S. The summed E-state index contributed by atoms with van der Waals surface area (Å²) in [4.78, 5) is 12.5. The number of benzene rings is 3. The Labute approximate surface area is 204 Å². The van der Waals surface area contributed by atoms with Crippen molar-refractivity contribution in [3.8, 4) is 5.75 Å². The zero-order chi connectivity index (χ0) is 25.8. The molecular weight excluding hydrogens is 512 g/mol. The van der Waals surface area contributed by atoms with Gasteiger partial charge in [-0.15, -0.1) is 0 Å². The number of carbonyl (C=O) groups excluding carboxylic acids is 1. The Morgan fingerprint density at radius 3 is 2.34 bits per heavy atom. The molecule has 0 bridgehead atoms. The predicted octanol–water partition coefficient (Wildman–Crippen LogP) is 5.34. The van der Waals surface area contributed by atoms with E-state index in [0.29, 0.717) is 17.7 Å². The van der Waals surface area contributed by atoms with Crippen LogP contribution in [0.15, 0.2) is 71.6 Å². The Bertz CT molecular complexity index is 1320. The molecule has 0 atom stereocenters. The van der Waals surface area contributed by atoms with Crippen molar-refractivity contribution in [3.63, 3.8) is 0 Å². The van der Waals surface area contributed by atoms with Crippen LogP contribution in [0.5, 0.6) is 5.75 Å². The van der Waals surface area contributed by atoms with Gasteiger partial charge in [0.05, 0.1) is 29.1 Å². The molecule has 0 aliphatic carbocycles. The van der Waals surface area contributed by atoms with Gasteiger partial charge in [0.2, 0.25) is 15.9 Å². The Morgan fingerprint density at radius 1 is 1.06 bits per heavy atom. The van der Waals surface area contributed by atoms with E-state index in [4.69, 9.17) is 16.3 Å². The standard InChI is InChI=1S/C23H19ClF4N2O4S/c1-34-21-10-8-17(12-19(21)24)35(32,33)30(13-15-5-3-2-4-6-15)14-22(31)29-16-7-9-20(25)18(11-16)23(26,27)28/h2-12H,13-14H2,1H3,(H,29,31). The van der Waals surface area contributed by atoms with Crippen LogP contribution in [0.3, 0.4) is 0 Å². The van der Waals surface area contributed by atoms with Gasteiger partial charge in [-0.05, 0) is 42.0 Å². The van der Waals surface area contributed by atoms with E-state index in [-0.39, 0.29) is 27.9 Å². The second kappa shape index (κ2) is 10.6. The zero-order valence-corrected chi connectivity index (χ0v) is 19.7. The molecule has 3 aromatic rings. The summed E-state index contributed by atoms with van der Waals surface area (Å²) in [6.45, 7) is -0.947. The smallest absolute Gasteiger partial charge is 0.419 e. The summed E-state index contributed by atoms with van der Waals surface area (Å²) in [6, 6.07) is 14.1. The lowest BCUT2D eigenvalue weighted by Gasteiger charge is -2.22. The molecule has 12 heteroatoms. The number of ether oxygens (including phenoxy) is 1. The fourth-order valence-corrected chi connectivity index (χ4v) is 4.88. The van der Waals surface area contributed by atoms with E-state index < -0.39 is 40.0 Å². The molecule has 0 aliphatic heterocycles. The third kappa shape index (κ3) is 6.50. The number of rotatable bonds is 8. The largest absolute Gasteiger partial charge is 0.495 e. The highest BCUT2D eigenvalue weighted by Crippen LogP contribution is 2.33. The maximum absolute atomic E-state index is 13.5. The first-order valence-corrected chi connectivity index (χ1v) is 11.8. The van der Waals surface area contributed by atoms with Crippen LogP contribution in [-0.4, -0.2) is 32.3 Å². The molecule has 0 heterocycles. The fourth-order valence-electron chi connectivity index (χ4n) is 3.15. The topological polar surface area (TPSA) is 75.7 Å². The minimum atomic E-state index is -4.97. The normalized spacial score (nSPS) is 12.0. The van der Waals surface area contributed by atoms with Gasteiger partial charge in [0.25, 0.3) is 0 Å². The number of hydrogen-bond acceptors (Lipinski definition) is 4. The van der Waals surface area contributed by atoms with Gasteiger partial charge in [0.1, 0.15) is 11.6 Å². The van der Waals surface area contributed by atoms with E-state index in [1.54, 1.807) is 30.3 Å².